The van der Waals surface area contributed by atoms with Gasteiger partial charge in [0.1, 0.15) is 0 Å². The van der Waals surface area contributed by atoms with Crippen molar-refractivity contribution < 1.29 is 14.3 Å². The maximum atomic E-state index is 12.2. The molecule has 0 aliphatic heterocycles. The van der Waals surface area contributed by atoms with Crippen molar-refractivity contribution in [3.63, 3.8) is 0 Å². The molecule has 0 saturated heterocycles. The van der Waals surface area contributed by atoms with Crippen molar-refractivity contribution in [1.82, 2.24) is 5.32 Å². The van der Waals surface area contributed by atoms with Crippen LogP contribution in [0.15, 0.2) is 18.2 Å². The van der Waals surface area contributed by atoms with Gasteiger partial charge in [-0.1, -0.05) is 38.8 Å². The van der Waals surface area contributed by atoms with Crippen LogP contribution >= 0.6 is 0 Å². The highest BCUT2D eigenvalue weighted by Crippen LogP contribution is 2.30. The molecular formula is C17H27NO3. The maximum absolute atomic E-state index is 12.2. The number of ether oxygens (including phenoxy) is 2. The number of hydrogen-bond donors (Lipinski definition) is 1. The molecule has 21 heavy (non-hydrogen) atoms. The van der Waals surface area contributed by atoms with Crippen molar-refractivity contribution in [3.8, 4) is 11.5 Å². The Morgan fingerprint density at radius 1 is 1.24 bits per heavy atom. The molecule has 1 amide bonds. The first kappa shape index (κ1) is 17.3. The summed E-state index contributed by atoms with van der Waals surface area (Å²) in [7, 11) is 3.22. The van der Waals surface area contributed by atoms with Crippen molar-refractivity contribution in [2.24, 2.45) is 5.92 Å². The lowest BCUT2D eigenvalue weighted by Gasteiger charge is -2.16. The Hall–Kier alpha value is -1.71. The van der Waals surface area contributed by atoms with Crippen LogP contribution in [0.5, 0.6) is 11.5 Å². The van der Waals surface area contributed by atoms with Crippen LogP contribution in [0.2, 0.25) is 0 Å². The molecule has 1 aromatic carbocycles. The number of nitrogens with one attached hydrogen (secondary N) is 1. The van der Waals surface area contributed by atoms with E-state index in [0.29, 0.717) is 18.0 Å². The average molecular weight is 293 g/mol. The molecule has 1 N–H and O–H groups in total. The molecular weight excluding hydrogens is 266 g/mol. The summed E-state index contributed by atoms with van der Waals surface area (Å²) in [6.07, 6.45) is 4.04. The largest absolute Gasteiger partial charge is 0.493 e. The van der Waals surface area contributed by atoms with E-state index in [1.165, 1.54) is 0 Å². The monoisotopic (exact) mass is 293 g/mol. The molecule has 0 aliphatic rings. The second kappa shape index (κ2) is 9.27. The highest BCUT2D eigenvalue weighted by Gasteiger charge is 2.16. The molecule has 4 heteroatoms. The smallest absolute Gasteiger partial charge is 0.223 e. The zero-order valence-electron chi connectivity index (χ0n) is 13.6. The van der Waals surface area contributed by atoms with Crippen molar-refractivity contribution in [2.45, 2.75) is 46.1 Å². The molecule has 0 aromatic heterocycles. The quantitative estimate of drug-likeness (QED) is 0.757. The predicted octanol–water partition coefficient (Wildman–Crippen LogP) is 3.54. The Morgan fingerprint density at radius 3 is 2.57 bits per heavy atom. The zero-order chi connectivity index (χ0) is 15.7. The molecule has 0 bridgehead atoms. The van der Waals surface area contributed by atoms with Crippen molar-refractivity contribution >= 4 is 5.91 Å². The van der Waals surface area contributed by atoms with Gasteiger partial charge in [-0.3, -0.25) is 4.79 Å². The molecule has 0 spiro atoms. The molecule has 4 nitrogen and oxygen atoms in total. The van der Waals surface area contributed by atoms with Crippen LogP contribution in [0.4, 0.5) is 0 Å². The van der Waals surface area contributed by atoms with Crippen molar-refractivity contribution in [3.05, 3.63) is 23.8 Å². The number of hydrogen-bond acceptors (Lipinski definition) is 3. The van der Waals surface area contributed by atoms with E-state index in [1.807, 2.05) is 18.2 Å². The second-order valence-corrected chi connectivity index (χ2v) is 5.12. The molecule has 0 aliphatic carbocycles. The Morgan fingerprint density at radius 2 is 2.00 bits per heavy atom. The lowest BCUT2D eigenvalue weighted by molar-refractivity contribution is -0.125. The predicted molar refractivity (Wildman–Crippen MR) is 84.7 cm³/mol. The minimum atomic E-state index is 0.0987. The summed E-state index contributed by atoms with van der Waals surface area (Å²) < 4.78 is 10.6. The third kappa shape index (κ3) is 4.96. The summed E-state index contributed by atoms with van der Waals surface area (Å²) >= 11 is 0. The standard InChI is InChI=1S/C17H27NO3/c1-5-7-9-13(6-2)17(19)18-12-14-10-8-11-15(20-3)16(14)21-4/h8,10-11,13H,5-7,9,12H2,1-4H3,(H,18,19). The molecule has 1 aromatic rings. The Kier molecular flexibility index (Phi) is 7.65. The van der Waals surface area contributed by atoms with Crippen LogP contribution in [0, 0.1) is 5.92 Å². The van der Waals surface area contributed by atoms with E-state index in [9.17, 15) is 4.79 Å². The van der Waals surface area contributed by atoms with Crippen LogP contribution in [0.25, 0.3) is 0 Å². The first-order valence-electron chi connectivity index (χ1n) is 7.65. The normalized spacial score (nSPS) is 11.8. The van der Waals surface area contributed by atoms with Gasteiger partial charge in [0.2, 0.25) is 5.91 Å². The van der Waals surface area contributed by atoms with Crippen LogP contribution in [0.3, 0.4) is 0 Å². The van der Waals surface area contributed by atoms with Gasteiger partial charge >= 0.3 is 0 Å². The lowest BCUT2D eigenvalue weighted by atomic mass is 9.98. The SMILES string of the molecule is CCCCC(CC)C(=O)NCc1cccc(OC)c1OC. The minimum absolute atomic E-state index is 0.0987. The summed E-state index contributed by atoms with van der Waals surface area (Å²) in [4.78, 5) is 12.2. The van der Waals surface area contributed by atoms with E-state index >= 15 is 0 Å². The van der Waals surface area contributed by atoms with Gasteiger partial charge in [-0.2, -0.15) is 0 Å². The highest BCUT2D eigenvalue weighted by atomic mass is 16.5. The van der Waals surface area contributed by atoms with E-state index in [-0.39, 0.29) is 11.8 Å². The summed E-state index contributed by atoms with van der Waals surface area (Å²) in [5.41, 5.74) is 0.926. The molecule has 1 unspecified atom stereocenters. The lowest BCUT2D eigenvalue weighted by Crippen LogP contribution is -2.30. The maximum Gasteiger partial charge on any atom is 0.223 e. The molecule has 1 rings (SSSR count). The van der Waals surface area contributed by atoms with Gasteiger partial charge in [0.05, 0.1) is 14.2 Å². The zero-order valence-corrected chi connectivity index (χ0v) is 13.6. The van der Waals surface area contributed by atoms with Gasteiger partial charge in [0.25, 0.3) is 0 Å². The Labute approximate surface area is 127 Å². The van der Waals surface area contributed by atoms with Gasteiger partial charge in [0, 0.05) is 18.0 Å². The van der Waals surface area contributed by atoms with Gasteiger partial charge in [-0.05, 0) is 18.9 Å². The number of amides is 1. The first-order chi connectivity index (χ1) is 10.2. The third-order valence-electron chi connectivity index (χ3n) is 3.71. The minimum Gasteiger partial charge on any atom is -0.493 e. The van der Waals surface area contributed by atoms with Crippen molar-refractivity contribution in [2.75, 3.05) is 14.2 Å². The number of carbonyl (C=O) groups excluding carboxylic acids is 1. The fraction of sp³-hybridized carbons (Fsp3) is 0.588. The van der Waals surface area contributed by atoms with Crippen molar-refractivity contribution in [1.29, 1.82) is 0 Å². The molecule has 0 saturated carbocycles. The average Bonchev–Trinajstić information content (AvgIpc) is 2.52. The van der Waals surface area contributed by atoms with E-state index in [1.54, 1.807) is 14.2 Å². The third-order valence-corrected chi connectivity index (χ3v) is 3.71. The summed E-state index contributed by atoms with van der Waals surface area (Å²) in [5.74, 6) is 1.58. The Balaban J connectivity index is 2.68. The molecule has 1 atom stereocenters. The highest BCUT2D eigenvalue weighted by molar-refractivity contribution is 5.78. The van der Waals surface area contributed by atoms with Gasteiger partial charge in [-0.25, -0.2) is 0 Å². The number of rotatable bonds is 9. The summed E-state index contributed by atoms with van der Waals surface area (Å²) in [6.45, 7) is 4.67. The molecule has 118 valence electrons. The fourth-order valence-electron chi connectivity index (χ4n) is 2.39. The fourth-order valence-corrected chi connectivity index (χ4v) is 2.39. The van der Waals surface area contributed by atoms with Gasteiger partial charge in [0.15, 0.2) is 11.5 Å². The molecule has 0 radical (unpaired) electrons. The van der Waals surface area contributed by atoms with Crippen LogP contribution in [0.1, 0.15) is 45.1 Å². The van der Waals surface area contributed by atoms with Crippen LogP contribution in [-0.2, 0) is 11.3 Å². The number of para-hydroxylation sites is 1. The first-order valence-corrected chi connectivity index (χ1v) is 7.65. The topological polar surface area (TPSA) is 47.6 Å². The van der Waals surface area contributed by atoms with E-state index in [2.05, 4.69) is 19.2 Å². The number of benzene rings is 1. The number of methoxy groups -OCH3 is 2. The number of carbonyl (C=O) groups is 1. The van der Waals surface area contributed by atoms with E-state index in [4.69, 9.17) is 9.47 Å². The summed E-state index contributed by atoms with van der Waals surface area (Å²) in [6, 6.07) is 5.69. The van der Waals surface area contributed by atoms with Gasteiger partial charge in [-0.15, -0.1) is 0 Å². The molecule has 0 fully saturated rings. The Bertz CT molecular complexity index is 446. The van der Waals surface area contributed by atoms with Crippen LogP contribution < -0.4 is 14.8 Å². The van der Waals surface area contributed by atoms with E-state index < -0.39 is 0 Å². The second-order valence-electron chi connectivity index (χ2n) is 5.12. The summed E-state index contributed by atoms with van der Waals surface area (Å²) in [5, 5.41) is 3.01. The van der Waals surface area contributed by atoms with Gasteiger partial charge < -0.3 is 14.8 Å². The van der Waals surface area contributed by atoms with E-state index in [0.717, 1.165) is 31.2 Å². The molecule has 0 heterocycles. The van der Waals surface area contributed by atoms with Crippen LogP contribution in [-0.4, -0.2) is 20.1 Å². The number of unbranched alkanes of at least 4 members (excludes halogenated alkanes) is 1.